The molecule has 0 spiro atoms. The Morgan fingerprint density at radius 1 is 0.647 bits per heavy atom. The highest BCUT2D eigenvalue weighted by Crippen LogP contribution is 2.22. The third kappa shape index (κ3) is 8.49. The number of rotatable bonds is 13. The summed E-state index contributed by atoms with van der Waals surface area (Å²) in [6.07, 6.45) is 0.773. The van der Waals surface area contributed by atoms with Crippen molar-refractivity contribution in [3.63, 3.8) is 0 Å². The molecule has 12 nitrogen and oxygen atoms in total. The van der Waals surface area contributed by atoms with E-state index in [0.29, 0.717) is 29.6 Å². The second kappa shape index (κ2) is 11.5. The smallest absolute Gasteiger partial charge is 0.335 e. The van der Waals surface area contributed by atoms with Gasteiger partial charge in [-0.1, -0.05) is 0 Å². The molecule has 0 aromatic heterocycles. The number of ether oxygens (including phenoxy) is 2. The SMILES string of the molecule is CC(C)(CCOC(C)(C)CCC(=O)ON1C(=O)CCC1=O)OCCC(=O)ON1C(=O)CCC1=O. The minimum absolute atomic E-state index is 0.0327. The molecular formula is C22H32N2O10. The molecule has 0 unspecified atom stereocenters. The maximum absolute atomic E-state index is 12.0. The van der Waals surface area contributed by atoms with Crippen LogP contribution in [0.1, 0.15) is 79.1 Å². The Morgan fingerprint density at radius 2 is 1.03 bits per heavy atom. The van der Waals surface area contributed by atoms with Gasteiger partial charge in [0.05, 0.1) is 37.3 Å². The zero-order chi connectivity index (χ0) is 25.5. The van der Waals surface area contributed by atoms with E-state index < -0.39 is 46.8 Å². The third-order valence-corrected chi connectivity index (χ3v) is 5.32. The molecule has 2 rings (SSSR count). The van der Waals surface area contributed by atoms with E-state index in [9.17, 15) is 28.8 Å². The zero-order valence-electron chi connectivity index (χ0n) is 20.0. The summed E-state index contributed by atoms with van der Waals surface area (Å²) in [6, 6.07) is 0. The summed E-state index contributed by atoms with van der Waals surface area (Å²) in [7, 11) is 0. The molecule has 190 valence electrons. The van der Waals surface area contributed by atoms with E-state index in [1.807, 2.05) is 13.8 Å². The molecule has 0 N–H and O–H groups in total. The lowest BCUT2D eigenvalue weighted by Crippen LogP contribution is -2.34. The van der Waals surface area contributed by atoms with Gasteiger partial charge in [-0.3, -0.25) is 19.2 Å². The topological polar surface area (TPSA) is 146 Å². The number of nitrogens with zero attached hydrogens (tertiary/aromatic N) is 2. The van der Waals surface area contributed by atoms with Gasteiger partial charge in [0.15, 0.2) is 0 Å². The van der Waals surface area contributed by atoms with Crippen molar-refractivity contribution >= 4 is 35.6 Å². The van der Waals surface area contributed by atoms with E-state index in [-0.39, 0.29) is 45.1 Å². The van der Waals surface area contributed by atoms with Crippen LogP contribution in [0.25, 0.3) is 0 Å². The predicted octanol–water partition coefficient (Wildman–Crippen LogP) is 1.35. The van der Waals surface area contributed by atoms with E-state index in [1.54, 1.807) is 13.8 Å². The first-order valence-corrected chi connectivity index (χ1v) is 11.2. The fraction of sp³-hybridized carbons (Fsp3) is 0.727. The van der Waals surface area contributed by atoms with Gasteiger partial charge in [0.1, 0.15) is 0 Å². The van der Waals surface area contributed by atoms with Crippen LogP contribution in [-0.2, 0) is 47.9 Å². The molecule has 12 heteroatoms. The van der Waals surface area contributed by atoms with Gasteiger partial charge in [0, 0.05) is 25.7 Å². The lowest BCUT2D eigenvalue weighted by Gasteiger charge is -2.29. The Hall–Kier alpha value is -2.86. The van der Waals surface area contributed by atoms with Crippen LogP contribution in [0.2, 0.25) is 0 Å². The Bertz CT molecular complexity index is 804. The number of carbonyl (C=O) groups excluding carboxylic acids is 6. The average molecular weight is 485 g/mol. The summed E-state index contributed by atoms with van der Waals surface area (Å²) >= 11 is 0. The molecule has 0 aromatic carbocycles. The monoisotopic (exact) mass is 484 g/mol. The molecule has 2 aliphatic rings. The van der Waals surface area contributed by atoms with Crippen LogP contribution in [0.4, 0.5) is 0 Å². The molecule has 4 amide bonds. The first-order valence-electron chi connectivity index (χ1n) is 11.2. The second-order valence-corrected chi connectivity index (χ2v) is 9.31. The van der Waals surface area contributed by atoms with E-state index in [2.05, 4.69) is 0 Å². The average Bonchev–Trinajstić information content (AvgIpc) is 3.22. The van der Waals surface area contributed by atoms with E-state index >= 15 is 0 Å². The highest BCUT2D eigenvalue weighted by atomic mass is 16.7. The minimum Gasteiger partial charge on any atom is -0.375 e. The molecule has 2 fully saturated rings. The number of hydrogen-bond donors (Lipinski definition) is 0. The van der Waals surface area contributed by atoms with E-state index in [1.165, 1.54) is 0 Å². The standard InChI is InChI=1S/C22H32N2O10/c1-21(2,11-9-19(29)33-23-15(25)5-6-16(23)26)32-14-12-22(3,4)31-13-10-20(30)34-24-17(27)7-8-18(24)28/h5-14H2,1-4H3. The predicted molar refractivity (Wildman–Crippen MR) is 113 cm³/mol. The quantitative estimate of drug-likeness (QED) is 0.351. The number of hydrogen-bond acceptors (Lipinski definition) is 10. The summed E-state index contributed by atoms with van der Waals surface area (Å²) in [5, 5.41) is 1.02. The number of hydroxylamine groups is 4. The fourth-order valence-corrected chi connectivity index (χ4v) is 3.14. The summed E-state index contributed by atoms with van der Waals surface area (Å²) in [5.74, 6) is -3.55. The van der Waals surface area contributed by atoms with Crippen LogP contribution in [0, 0.1) is 0 Å². The van der Waals surface area contributed by atoms with Crippen molar-refractivity contribution in [3.05, 3.63) is 0 Å². The molecule has 0 radical (unpaired) electrons. The molecule has 0 aromatic rings. The van der Waals surface area contributed by atoms with Gasteiger partial charge >= 0.3 is 11.9 Å². The van der Waals surface area contributed by atoms with Crippen LogP contribution >= 0.6 is 0 Å². The zero-order valence-corrected chi connectivity index (χ0v) is 20.0. The summed E-state index contributed by atoms with van der Waals surface area (Å²) in [5.41, 5.74) is -1.31. The van der Waals surface area contributed by atoms with Gasteiger partial charge in [-0.05, 0) is 40.5 Å². The highest BCUT2D eigenvalue weighted by molar-refractivity contribution is 6.02. The lowest BCUT2D eigenvalue weighted by atomic mass is 10.0. The number of imide groups is 2. The Morgan fingerprint density at radius 3 is 1.50 bits per heavy atom. The molecule has 0 saturated carbocycles. The van der Waals surface area contributed by atoms with Crippen molar-refractivity contribution in [2.24, 2.45) is 0 Å². The second-order valence-electron chi connectivity index (χ2n) is 9.31. The third-order valence-electron chi connectivity index (χ3n) is 5.32. The number of carbonyl (C=O) groups is 6. The van der Waals surface area contributed by atoms with Crippen molar-refractivity contribution in [1.29, 1.82) is 0 Å². The first kappa shape index (κ1) is 27.4. The molecular weight excluding hydrogens is 452 g/mol. The molecule has 2 heterocycles. The van der Waals surface area contributed by atoms with Gasteiger partial charge in [0.2, 0.25) is 0 Å². The van der Waals surface area contributed by atoms with Gasteiger partial charge in [-0.25, -0.2) is 9.59 Å². The summed E-state index contributed by atoms with van der Waals surface area (Å²) in [6.45, 7) is 7.59. The maximum Gasteiger partial charge on any atom is 0.335 e. The largest absolute Gasteiger partial charge is 0.375 e. The van der Waals surface area contributed by atoms with Crippen molar-refractivity contribution in [2.75, 3.05) is 13.2 Å². The highest BCUT2D eigenvalue weighted by Gasteiger charge is 2.34. The minimum atomic E-state index is -0.735. The molecule has 0 atom stereocenters. The van der Waals surface area contributed by atoms with Crippen LogP contribution in [0.5, 0.6) is 0 Å². The summed E-state index contributed by atoms with van der Waals surface area (Å²) < 4.78 is 11.6. The van der Waals surface area contributed by atoms with Gasteiger partial charge in [0.25, 0.3) is 23.6 Å². The Kier molecular flexibility index (Phi) is 9.28. The van der Waals surface area contributed by atoms with Crippen molar-refractivity contribution < 1.29 is 47.9 Å². The summed E-state index contributed by atoms with van der Waals surface area (Å²) in [4.78, 5) is 79.4. The lowest BCUT2D eigenvalue weighted by molar-refractivity contribution is -0.198. The molecule has 2 aliphatic heterocycles. The molecule has 2 saturated heterocycles. The molecule has 34 heavy (non-hydrogen) atoms. The van der Waals surface area contributed by atoms with Crippen LogP contribution in [0.15, 0.2) is 0 Å². The van der Waals surface area contributed by atoms with Gasteiger partial charge < -0.3 is 19.1 Å². The maximum atomic E-state index is 12.0. The number of amides is 4. The Labute approximate surface area is 197 Å². The van der Waals surface area contributed by atoms with E-state index in [0.717, 1.165) is 0 Å². The van der Waals surface area contributed by atoms with Gasteiger partial charge in [-0.15, -0.1) is 10.1 Å². The molecule has 0 bridgehead atoms. The normalized spacial score (nSPS) is 17.1. The van der Waals surface area contributed by atoms with Crippen molar-refractivity contribution in [2.45, 2.75) is 90.3 Å². The van der Waals surface area contributed by atoms with Crippen LogP contribution in [-0.4, -0.2) is 70.1 Å². The van der Waals surface area contributed by atoms with Crippen LogP contribution in [0.3, 0.4) is 0 Å². The van der Waals surface area contributed by atoms with Crippen molar-refractivity contribution in [1.82, 2.24) is 10.1 Å². The van der Waals surface area contributed by atoms with E-state index in [4.69, 9.17) is 19.1 Å². The van der Waals surface area contributed by atoms with Gasteiger partial charge in [-0.2, -0.15) is 0 Å². The fourth-order valence-electron chi connectivity index (χ4n) is 3.14. The Balaban J connectivity index is 1.63. The van der Waals surface area contributed by atoms with Crippen LogP contribution < -0.4 is 0 Å². The first-order chi connectivity index (χ1) is 15.8. The molecule has 0 aliphatic carbocycles. The van der Waals surface area contributed by atoms with Crippen molar-refractivity contribution in [3.8, 4) is 0 Å².